The molecule has 0 N–H and O–H groups in total. The van der Waals surface area contributed by atoms with Gasteiger partial charge in [0, 0.05) is 41.6 Å². The van der Waals surface area contributed by atoms with Crippen molar-refractivity contribution in [2.24, 2.45) is 5.92 Å². The maximum atomic E-state index is 7.13. The van der Waals surface area contributed by atoms with Crippen molar-refractivity contribution in [2.75, 3.05) is 19.0 Å². The number of hydrogen-bond donors (Lipinski definition) is 0. The monoisotopic (exact) mass is 485 g/mol. The molecule has 1 saturated carbocycles. The van der Waals surface area contributed by atoms with Crippen molar-refractivity contribution in [3.8, 4) is 0 Å². The van der Waals surface area contributed by atoms with Crippen LogP contribution in [-0.4, -0.2) is 29.8 Å². The first-order chi connectivity index (χ1) is 16.6. The van der Waals surface area contributed by atoms with Crippen LogP contribution in [0.4, 0.5) is 11.4 Å². The molecule has 2 aromatic rings. The average molecular weight is 486 g/mol. The summed E-state index contributed by atoms with van der Waals surface area (Å²) in [4.78, 5) is 2.34. The van der Waals surface area contributed by atoms with Crippen LogP contribution in [-0.2, 0) is 10.8 Å². The van der Waals surface area contributed by atoms with Crippen molar-refractivity contribution in [1.29, 1.82) is 0 Å². The number of nitrogens with zero attached hydrogens (tertiary/aromatic N) is 2. The number of benzene rings is 2. The summed E-state index contributed by atoms with van der Waals surface area (Å²) >= 11 is 7.13. The normalized spacial score (nSPS) is 27.2. The van der Waals surface area contributed by atoms with Gasteiger partial charge in [-0.3, -0.25) is 0 Å². The van der Waals surface area contributed by atoms with E-state index in [-0.39, 0.29) is 16.2 Å². The molecule has 35 heavy (non-hydrogen) atoms. The molecule has 1 fully saturated rings. The fourth-order valence-corrected chi connectivity index (χ4v) is 6.87. The van der Waals surface area contributed by atoms with Gasteiger partial charge in [-0.15, -0.1) is 11.6 Å². The second-order valence-electron chi connectivity index (χ2n) is 11.4. The van der Waals surface area contributed by atoms with Gasteiger partial charge >= 0.3 is 0 Å². The summed E-state index contributed by atoms with van der Waals surface area (Å²) in [5.74, 6) is 0.349. The summed E-state index contributed by atoms with van der Waals surface area (Å²) in [5, 5.41) is 0.0341. The third kappa shape index (κ3) is 3.91. The van der Waals surface area contributed by atoms with E-state index in [0.717, 1.165) is 12.8 Å². The molecule has 5 rings (SSSR count). The summed E-state index contributed by atoms with van der Waals surface area (Å²) < 4.78 is 2.34. The first kappa shape index (κ1) is 24.1. The Bertz CT molecular complexity index is 1270. The number of likely N-dealkylation sites (N-methyl/N-ethyl adjacent to an activating group) is 1. The quantitative estimate of drug-likeness (QED) is 0.316. The van der Waals surface area contributed by atoms with Crippen LogP contribution in [0.5, 0.6) is 0 Å². The largest absolute Gasteiger partial charge is 0.347 e. The zero-order valence-electron chi connectivity index (χ0n) is 22.0. The van der Waals surface area contributed by atoms with Crippen LogP contribution in [0.1, 0.15) is 58.1 Å². The number of para-hydroxylation sites is 2. The maximum absolute atomic E-state index is 7.13. The molecule has 3 heteroatoms. The van der Waals surface area contributed by atoms with E-state index < -0.39 is 0 Å². The minimum Gasteiger partial charge on any atom is -0.347 e. The van der Waals surface area contributed by atoms with Crippen LogP contribution >= 0.6 is 11.6 Å². The molecule has 1 aliphatic carbocycles. The topological polar surface area (TPSA) is 6.25 Å². The first-order valence-corrected chi connectivity index (χ1v) is 13.3. The number of anilines is 1. The molecule has 1 unspecified atom stereocenters. The van der Waals surface area contributed by atoms with Crippen LogP contribution < -0.4 is 4.90 Å². The summed E-state index contributed by atoms with van der Waals surface area (Å²) in [6.07, 6.45) is 12.7. The minimum absolute atomic E-state index is 0.00491. The SMILES string of the molecule is CN1/C(=C/C=C2\CCCC(/C=C/C3=[N+](C)c4ccccc4C3(C)C)[C@@H]2Cl)C(C)(C)c2ccccc21. The van der Waals surface area contributed by atoms with Crippen molar-refractivity contribution in [1.82, 2.24) is 0 Å². The van der Waals surface area contributed by atoms with Gasteiger partial charge in [0.25, 0.3) is 0 Å². The molecule has 2 heterocycles. The highest BCUT2D eigenvalue weighted by Crippen LogP contribution is 2.47. The highest BCUT2D eigenvalue weighted by atomic mass is 35.5. The zero-order chi connectivity index (χ0) is 25.0. The van der Waals surface area contributed by atoms with Gasteiger partial charge < -0.3 is 4.90 Å². The lowest BCUT2D eigenvalue weighted by Gasteiger charge is -2.28. The van der Waals surface area contributed by atoms with Gasteiger partial charge in [-0.1, -0.05) is 68.0 Å². The molecule has 2 nitrogen and oxygen atoms in total. The number of rotatable bonds is 3. The van der Waals surface area contributed by atoms with Gasteiger partial charge in [0.15, 0.2) is 5.71 Å². The van der Waals surface area contributed by atoms with Crippen LogP contribution in [0.3, 0.4) is 0 Å². The summed E-state index contributed by atoms with van der Waals surface area (Å²) in [6.45, 7) is 9.28. The average Bonchev–Trinajstić information content (AvgIpc) is 3.16. The van der Waals surface area contributed by atoms with Gasteiger partial charge in [-0.05, 0) is 56.7 Å². The van der Waals surface area contributed by atoms with Crippen molar-refractivity contribution in [3.63, 3.8) is 0 Å². The lowest BCUT2D eigenvalue weighted by Crippen LogP contribution is -2.27. The third-order valence-corrected chi connectivity index (χ3v) is 9.17. The molecule has 0 amide bonds. The van der Waals surface area contributed by atoms with Crippen molar-refractivity contribution < 1.29 is 4.58 Å². The molecule has 2 aromatic carbocycles. The number of fused-ring (bicyclic) bond motifs is 2. The Morgan fingerprint density at radius 1 is 0.943 bits per heavy atom. The number of hydrogen-bond acceptors (Lipinski definition) is 1. The molecule has 2 atom stereocenters. The summed E-state index contributed by atoms with van der Waals surface area (Å²) in [6, 6.07) is 17.5. The molecular weight excluding hydrogens is 448 g/mol. The Labute approximate surface area is 216 Å². The molecule has 0 spiro atoms. The zero-order valence-corrected chi connectivity index (χ0v) is 22.7. The van der Waals surface area contributed by atoms with Crippen LogP contribution in [0, 0.1) is 5.92 Å². The molecular formula is C32H38ClN2+. The fourth-order valence-electron chi connectivity index (χ4n) is 6.47. The van der Waals surface area contributed by atoms with Crippen molar-refractivity contribution >= 4 is 28.7 Å². The number of halogens is 1. The molecule has 0 radical (unpaired) electrons. The van der Waals surface area contributed by atoms with E-state index in [1.165, 1.54) is 45.9 Å². The first-order valence-electron chi connectivity index (χ1n) is 12.9. The van der Waals surface area contributed by atoms with Crippen LogP contribution in [0.2, 0.25) is 0 Å². The summed E-state index contributed by atoms with van der Waals surface area (Å²) in [7, 11) is 4.36. The molecule has 3 aliphatic rings. The van der Waals surface area contributed by atoms with E-state index in [2.05, 4.69) is 124 Å². The maximum Gasteiger partial charge on any atom is 0.209 e. The van der Waals surface area contributed by atoms with E-state index in [9.17, 15) is 0 Å². The molecule has 0 saturated heterocycles. The number of allylic oxidation sites excluding steroid dienone is 6. The minimum atomic E-state index is -0.0114. The Kier molecular flexibility index (Phi) is 6.08. The molecule has 0 aromatic heterocycles. The smallest absolute Gasteiger partial charge is 0.209 e. The van der Waals surface area contributed by atoms with Crippen LogP contribution in [0.15, 0.2) is 84.1 Å². The van der Waals surface area contributed by atoms with E-state index in [0.29, 0.717) is 5.92 Å². The van der Waals surface area contributed by atoms with Gasteiger partial charge in [0.2, 0.25) is 5.69 Å². The second kappa shape index (κ2) is 8.82. The summed E-state index contributed by atoms with van der Waals surface area (Å²) in [5.41, 5.74) is 9.40. The fraction of sp³-hybridized carbons (Fsp3) is 0.406. The van der Waals surface area contributed by atoms with Gasteiger partial charge in [-0.25, -0.2) is 0 Å². The highest BCUT2D eigenvalue weighted by Gasteiger charge is 2.43. The lowest BCUT2D eigenvalue weighted by atomic mass is 9.79. The molecule has 2 aliphatic heterocycles. The second-order valence-corrected chi connectivity index (χ2v) is 11.9. The van der Waals surface area contributed by atoms with E-state index in [4.69, 9.17) is 11.6 Å². The van der Waals surface area contributed by atoms with E-state index in [1.807, 2.05) is 0 Å². The highest BCUT2D eigenvalue weighted by molar-refractivity contribution is 6.22. The van der Waals surface area contributed by atoms with Gasteiger partial charge in [0.05, 0.1) is 10.8 Å². The predicted molar refractivity (Wildman–Crippen MR) is 150 cm³/mol. The van der Waals surface area contributed by atoms with Crippen molar-refractivity contribution in [2.45, 2.75) is 63.2 Å². The Hall–Kier alpha value is -2.58. The Morgan fingerprint density at radius 2 is 1.63 bits per heavy atom. The van der Waals surface area contributed by atoms with E-state index >= 15 is 0 Å². The predicted octanol–water partition coefficient (Wildman–Crippen LogP) is 7.89. The van der Waals surface area contributed by atoms with Gasteiger partial charge in [-0.2, -0.15) is 4.58 Å². The molecule has 0 bridgehead atoms. The molecule has 182 valence electrons. The van der Waals surface area contributed by atoms with Crippen LogP contribution in [0.25, 0.3) is 0 Å². The lowest BCUT2D eigenvalue weighted by molar-refractivity contribution is -0.401. The number of alkyl halides is 1. The van der Waals surface area contributed by atoms with Crippen molar-refractivity contribution in [3.05, 3.63) is 95.2 Å². The standard InChI is InChI=1S/C32H38ClN2/c1-31(2)24-14-7-9-16-26(24)34(5)28(31)20-18-22-12-11-13-23(30(22)33)19-21-29-32(3,4)25-15-8-10-17-27(25)35(29)6/h7-10,14-22,30H,11-13H2,1-6H3/q+1/b20-18+,23-19+,29-21+/t22?,30-/m0/s1. The van der Waals surface area contributed by atoms with Gasteiger partial charge in [0.1, 0.15) is 7.05 Å². The Balaban J connectivity index is 1.39. The van der Waals surface area contributed by atoms with E-state index in [1.54, 1.807) is 0 Å². The third-order valence-electron chi connectivity index (χ3n) is 8.57. The Morgan fingerprint density at radius 3 is 2.34 bits per heavy atom.